The number of nitrogens with one attached hydrogen (secondary N) is 1. The van der Waals surface area contributed by atoms with Crippen LogP contribution < -0.4 is 5.32 Å². The summed E-state index contributed by atoms with van der Waals surface area (Å²) in [6.45, 7) is 2.23. The maximum absolute atomic E-state index is 12.7. The Bertz CT molecular complexity index is 470. The van der Waals surface area contributed by atoms with Crippen molar-refractivity contribution in [3.05, 3.63) is 0 Å². The lowest BCUT2D eigenvalue weighted by Crippen LogP contribution is -2.50. The van der Waals surface area contributed by atoms with Crippen LogP contribution in [-0.2, 0) is 4.79 Å². The predicted octanol–water partition coefficient (Wildman–Crippen LogP) is 3.26. The van der Waals surface area contributed by atoms with Gasteiger partial charge in [-0.2, -0.15) is 5.26 Å². The second-order valence-electron chi connectivity index (χ2n) is 8.05. The maximum Gasteiger partial charge on any atom is 0.224 e. The molecule has 0 spiro atoms. The number of nitrogens with zero attached hydrogens (tertiary/aromatic N) is 1. The monoisotopic (exact) mass is 286 g/mol. The van der Waals surface area contributed by atoms with E-state index in [1.54, 1.807) is 0 Å². The highest BCUT2D eigenvalue weighted by molar-refractivity contribution is 5.84. The summed E-state index contributed by atoms with van der Waals surface area (Å²) >= 11 is 0. The number of fused-ring (bicyclic) bond motifs is 5. The van der Waals surface area contributed by atoms with Crippen LogP contribution >= 0.6 is 0 Å². The minimum atomic E-state index is -0.557. The summed E-state index contributed by atoms with van der Waals surface area (Å²) in [5.74, 6) is 4.20. The maximum atomic E-state index is 12.7. The van der Waals surface area contributed by atoms with Crippen LogP contribution in [-0.4, -0.2) is 11.4 Å². The van der Waals surface area contributed by atoms with E-state index >= 15 is 0 Å². The molecule has 3 nitrogen and oxygen atoms in total. The van der Waals surface area contributed by atoms with E-state index in [0.717, 1.165) is 43.4 Å². The third-order valence-electron chi connectivity index (χ3n) is 7.15. The van der Waals surface area contributed by atoms with Gasteiger partial charge >= 0.3 is 0 Å². The standard InChI is InChI=1S/C18H26N2O/c1-2-11-5-7-18(10-19,8-6-11)20-17(21)16-14-12-3-4-13(9-12)15(14)16/h11-16H,2-9H2,1H3,(H,20,21). The first-order valence-corrected chi connectivity index (χ1v) is 8.91. The van der Waals surface area contributed by atoms with Crippen LogP contribution in [0.2, 0.25) is 0 Å². The lowest BCUT2D eigenvalue weighted by molar-refractivity contribution is -0.125. The number of hydrogen-bond acceptors (Lipinski definition) is 2. The summed E-state index contributed by atoms with van der Waals surface area (Å²) in [7, 11) is 0. The molecular formula is C18H26N2O. The van der Waals surface area contributed by atoms with Crippen LogP contribution in [0.25, 0.3) is 0 Å². The van der Waals surface area contributed by atoms with Gasteiger partial charge in [0.1, 0.15) is 5.54 Å². The zero-order valence-electron chi connectivity index (χ0n) is 13.0. The van der Waals surface area contributed by atoms with E-state index in [1.807, 2.05) is 0 Å². The SMILES string of the molecule is CCC1CCC(C#N)(NC(=O)C2C3C4CCC(C4)C23)CC1. The summed E-state index contributed by atoms with van der Waals surface area (Å²) in [6.07, 6.45) is 9.15. The molecule has 2 bridgehead atoms. The van der Waals surface area contributed by atoms with Crippen LogP contribution in [0.3, 0.4) is 0 Å². The van der Waals surface area contributed by atoms with E-state index in [2.05, 4.69) is 18.3 Å². The zero-order chi connectivity index (χ0) is 14.6. The largest absolute Gasteiger partial charge is 0.338 e. The van der Waals surface area contributed by atoms with E-state index < -0.39 is 5.54 Å². The van der Waals surface area contributed by atoms with Crippen molar-refractivity contribution < 1.29 is 4.79 Å². The Labute approximate surface area is 127 Å². The second kappa shape index (κ2) is 4.73. The Morgan fingerprint density at radius 1 is 1.19 bits per heavy atom. The highest BCUT2D eigenvalue weighted by Crippen LogP contribution is 2.69. The molecule has 3 heteroatoms. The zero-order valence-corrected chi connectivity index (χ0v) is 13.0. The summed E-state index contributed by atoms with van der Waals surface area (Å²) in [5, 5.41) is 12.8. The van der Waals surface area contributed by atoms with E-state index in [1.165, 1.54) is 25.7 Å². The molecule has 4 saturated carbocycles. The normalized spacial score (nSPS) is 50.3. The van der Waals surface area contributed by atoms with Gasteiger partial charge in [0.2, 0.25) is 5.91 Å². The molecule has 1 N–H and O–H groups in total. The fourth-order valence-corrected chi connectivity index (χ4v) is 5.84. The number of amides is 1. The minimum Gasteiger partial charge on any atom is -0.338 e. The van der Waals surface area contributed by atoms with Gasteiger partial charge in [0, 0.05) is 5.92 Å². The number of carbonyl (C=O) groups is 1. The first-order chi connectivity index (χ1) is 10.2. The molecule has 114 valence electrons. The van der Waals surface area contributed by atoms with Gasteiger partial charge in [0.15, 0.2) is 0 Å². The third-order valence-corrected chi connectivity index (χ3v) is 7.15. The molecule has 0 aromatic heterocycles. The molecule has 4 aliphatic rings. The van der Waals surface area contributed by atoms with E-state index in [0.29, 0.717) is 11.8 Å². The van der Waals surface area contributed by atoms with E-state index in [-0.39, 0.29) is 11.8 Å². The second-order valence-corrected chi connectivity index (χ2v) is 8.05. The first-order valence-electron chi connectivity index (χ1n) is 8.91. The Hall–Kier alpha value is -1.04. The Morgan fingerprint density at radius 2 is 1.81 bits per heavy atom. The molecule has 1 amide bonds. The fourth-order valence-electron chi connectivity index (χ4n) is 5.84. The van der Waals surface area contributed by atoms with Gasteiger partial charge < -0.3 is 5.32 Å². The molecule has 0 aliphatic heterocycles. The molecule has 4 unspecified atom stereocenters. The number of hydrogen-bond donors (Lipinski definition) is 1. The smallest absolute Gasteiger partial charge is 0.224 e. The minimum absolute atomic E-state index is 0.207. The average molecular weight is 286 g/mol. The van der Waals surface area contributed by atoms with E-state index in [4.69, 9.17) is 0 Å². The summed E-state index contributed by atoms with van der Waals surface area (Å²) in [5.41, 5.74) is -0.557. The van der Waals surface area contributed by atoms with Crippen molar-refractivity contribution in [3.63, 3.8) is 0 Å². The summed E-state index contributed by atoms with van der Waals surface area (Å²) in [6, 6.07) is 2.45. The number of rotatable bonds is 3. The highest BCUT2D eigenvalue weighted by Gasteiger charge is 2.67. The molecule has 0 radical (unpaired) electrons. The Kier molecular flexibility index (Phi) is 3.07. The Balaban J connectivity index is 1.39. The molecular weight excluding hydrogens is 260 g/mol. The quantitative estimate of drug-likeness (QED) is 0.865. The lowest BCUT2D eigenvalue weighted by atomic mass is 9.76. The van der Waals surface area contributed by atoms with Gasteiger partial charge in [-0.15, -0.1) is 0 Å². The molecule has 4 rings (SSSR count). The first kappa shape index (κ1) is 13.6. The van der Waals surface area contributed by atoms with Crippen molar-refractivity contribution in [2.24, 2.45) is 35.5 Å². The molecule has 4 atom stereocenters. The average Bonchev–Trinajstić information content (AvgIpc) is 2.97. The van der Waals surface area contributed by atoms with Crippen LogP contribution in [0, 0.1) is 46.8 Å². The van der Waals surface area contributed by atoms with Crippen LogP contribution in [0.15, 0.2) is 0 Å². The van der Waals surface area contributed by atoms with Crippen molar-refractivity contribution >= 4 is 5.91 Å². The number of carbonyl (C=O) groups excluding carboxylic acids is 1. The molecule has 21 heavy (non-hydrogen) atoms. The van der Waals surface area contributed by atoms with Crippen LogP contribution in [0.5, 0.6) is 0 Å². The molecule has 0 aromatic carbocycles. The van der Waals surface area contributed by atoms with Gasteiger partial charge in [0.05, 0.1) is 6.07 Å². The molecule has 4 fully saturated rings. The Morgan fingerprint density at radius 3 is 2.33 bits per heavy atom. The van der Waals surface area contributed by atoms with Crippen molar-refractivity contribution in [2.75, 3.05) is 0 Å². The fraction of sp³-hybridized carbons (Fsp3) is 0.889. The molecule has 0 heterocycles. The summed E-state index contributed by atoms with van der Waals surface area (Å²) in [4.78, 5) is 12.7. The van der Waals surface area contributed by atoms with Gasteiger partial charge in [-0.25, -0.2) is 0 Å². The molecule has 4 aliphatic carbocycles. The molecule has 0 aromatic rings. The van der Waals surface area contributed by atoms with Crippen LogP contribution in [0.1, 0.15) is 58.3 Å². The van der Waals surface area contributed by atoms with Crippen molar-refractivity contribution in [3.8, 4) is 6.07 Å². The van der Waals surface area contributed by atoms with Gasteiger partial charge in [-0.05, 0) is 74.5 Å². The van der Waals surface area contributed by atoms with Crippen LogP contribution in [0.4, 0.5) is 0 Å². The van der Waals surface area contributed by atoms with Crippen molar-refractivity contribution in [1.29, 1.82) is 5.26 Å². The van der Waals surface area contributed by atoms with Gasteiger partial charge in [0.25, 0.3) is 0 Å². The van der Waals surface area contributed by atoms with Gasteiger partial charge in [-0.3, -0.25) is 4.79 Å². The predicted molar refractivity (Wildman–Crippen MR) is 80.0 cm³/mol. The van der Waals surface area contributed by atoms with Gasteiger partial charge in [-0.1, -0.05) is 13.3 Å². The van der Waals surface area contributed by atoms with E-state index in [9.17, 15) is 10.1 Å². The third kappa shape index (κ3) is 2.02. The number of nitriles is 1. The molecule has 0 saturated heterocycles. The lowest BCUT2D eigenvalue weighted by Gasteiger charge is -2.35. The summed E-state index contributed by atoms with van der Waals surface area (Å²) < 4.78 is 0. The highest BCUT2D eigenvalue weighted by atomic mass is 16.2. The topological polar surface area (TPSA) is 52.9 Å². The van der Waals surface area contributed by atoms with Crippen molar-refractivity contribution in [2.45, 2.75) is 63.8 Å². The van der Waals surface area contributed by atoms with Crippen molar-refractivity contribution in [1.82, 2.24) is 5.32 Å².